The fourth-order valence-electron chi connectivity index (χ4n) is 7.16. The quantitative estimate of drug-likeness (QED) is 0.243. The Labute approximate surface area is 247 Å². The summed E-state index contributed by atoms with van der Waals surface area (Å²) in [6.45, 7) is 18.4. The summed E-state index contributed by atoms with van der Waals surface area (Å²) >= 11 is 0. The fraction of sp³-hybridized carbons (Fsp3) is 0.317. The average molecular weight is 537 g/mol. The van der Waals surface area contributed by atoms with Gasteiger partial charge < -0.3 is 0 Å². The van der Waals surface area contributed by atoms with E-state index in [1.165, 1.54) is 55.6 Å². The maximum Gasteiger partial charge on any atom is 0.0409 e. The molecule has 4 aromatic rings. The van der Waals surface area contributed by atoms with E-state index in [2.05, 4.69) is 165 Å². The second kappa shape index (κ2) is 9.73. The highest BCUT2D eigenvalue weighted by atomic mass is 14.5. The summed E-state index contributed by atoms with van der Waals surface area (Å²) < 4.78 is 0. The molecule has 0 aromatic heterocycles. The molecule has 0 unspecified atom stereocenters. The molecule has 0 spiro atoms. The van der Waals surface area contributed by atoms with Crippen LogP contribution in [0.15, 0.2) is 109 Å². The summed E-state index contributed by atoms with van der Waals surface area (Å²) in [5.74, 6) is 0.369. The van der Waals surface area contributed by atoms with Crippen LogP contribution in [0.3, 0.4) is 0 Å². The zero-order valence-corrected chi connectivity index (χ0v) is 26.0. The first-order valence-corrected chi connectivity index (χ1v) is 15.2. The van der Waals surface area contributed by atoms with E-state index in [4.69, 9.17) is 0 Å². The van der Waals surface area contributed by atoms with E-state index in [0.29, 0.717) is 0 Å². The van der Waals surface area contributed by atoms with Crippen molar-refractivity contribution in [2.24, 2.45) is 5.92 Å². The minimum absolute atomic E-state index is 0.0640. The molecule has 0 nitrogen and oxygen atoms in total. The van der Waals surface area contributed by atoms with Crippen LogP contribution in [-0.4, -0.2) is 0 Å². The molecule has 41 heavy (non-hydrogen) atoms. The third-order valence-electron chi connectivity index (χ3n) is 9.53. The van der Waals surface area contributed by atoms with Crippen LogP contribution in [0.5, 0.6) is 0 Å². The highest BCUT2D eigenvalue weighted by molar-refractivity contribution is 5.82. The summed E-state index contributed by atoms with van der Waals surface area (Å²) in [4.78, 5) is 0. The van der Waals surface area contributed by atoms with Crippen LogP contribution in [0, 0.1) is 19.8 Å². The normalized spacial score (nSPS) is 15.4. The lowest BCUT2D eigenvalue weighted by Gasteiger charge is -2.45. The molecule has 0 bridgehead atoms. The Morgan fingerprint density at radius 2 is 0.829 bits per heavy atom. The first-order chi connectivity index (χ1) is 19.4. The Bertz CT molecular complexity index is 1520. The number of hydrogen-bond acceptors (Lipinski definition) is 0. The van der Waals surface area contributed by atoms with Gasteiger partial charge >= 0.3 is 0 Å². The summed E-state index contributed by atoms with van der Waals surface area (Å²) in [6.07, 6.45) is 9.35. The van der Waals surface area contributed by atoms with Crippen LogP contribution < -0.4 is 0 Å². The van der Waals surface area contributed by atoms with Crippen molar-refractivity contribution in [3.05, 3.63) is 154 Å². The highest BCUT2D eigenvalue weighted by Crippen LogP contribution is 2.61. The summed E-state index contributed by atoms with van der Waals surface area (Å²) in [7, 11) is 0. The van der Waals surface area contributed by atoms with Crippen LogP contribution in [0.25, 0.3) is 11.1 Å². The van der Waals surface area contributed by atoms with Crippen LogP contribution >= 0.6 is 0 Å². The molecule has 0 saturated carbocycles. The van der Waals surface area contributed by atoms with Gasteiger partial charge in [-0.15, -0.1) is 0 Å². The van der Waals surface area contributed by atoms with E-state index < -0.39 is 0 Å². The second-order valence-electron chi connectivity index (χ2n) is 14.4. The molecule has 0 saturated heterocycles. The predicted molar refractivity (Wildman–Crippen MR) is 176 cm³/mol. The van der Waals surface area contributed by atoms with E-state index in [9.17, 15) is 0 Å². The average Bonchev–Trinajstić information content (AvgIpc) is 3.57. The van der Waals surface area contributed by atoms with Crippen molar-refractivity contribution in [1.82, 2.24) is 0 Å². The van der Waals surface area contributed by atoms with E-state index in [1.807, 2.05) is 0 Å². The van der Waals surface area contributed by atoms with Crippen molar-refractivity contribution in [3.63, 3.8) is 0 Å². The second-order valence-corrected chi connectivity index (χ2v) is 14.4. The molecule has 0 radical (unpaired) electrons. The molecule has 0 N–H and O–H groups in total. The van der Waals surface area contributed by atoms with Gasteiger partial charge in [0.15, 0.2) is 0 Å². The van der Waals surface area contributed by atoms with Gasteiger partial charge in [-0.1, -0.05) is 162 Å². The van der Waals surface area contributed by atoms with Crippen molar-refractivity contribution in [2.45, 2.75) is 77.6 Å². The van der Waals surface area contributed by atoms with E-state index in [-0.39, 0.29) is 28.1 Å². The SMILES string of the molecule is Cc1ccc(C(c2ccc(C)cc2)(C2C=CC=C2)C2c3cc(C(C)(C)C)ccc3-c3ccc(C(C)(C)C)cc32)cc1. The maximum atomic E-state index is 2.54. The number of hydrogen-bond donors (Lipinski definition) is 0. The lowest BCUT2D eigenvalue weighted by molar-refractivity contribution is 0.394. The summed E-state index contributed by atoms with van der Waals surface area (Å²) in [5, 5.41) is 0. The van der Waals surface area contributed by atoms with Crippen LogP contribution in [0.4, 0.5) is 0 Å². The molecule has 4 aromatic carbocycles. The Balaban J connectivity index is 1.77. The lowest BCUT2D eigenvalue weighted by Crippen LogP contribution is -2.41. The van der Waals surface area contributed by atoms with Gasteiger partial charge in [0.05, 0.1) is 0 Å². The molecule has 208 valence electrons. The van der Waals surface area contributed by atoms with E-state index in [0.717, 1.165) is 0 Å². The van der Waals surface area contributed by atoms with Gasteiger partial charge in [-0.05, 0) is 69.2 Å². The Morgan fingerprint density at radius 3 is 1.20 bits per heavy atom. The molecule has 0 heteroatoms. The Kier molecular flexibility index (Phi) is 6.53. The minimum atomic E-state index is -0.322. The monoisotopic (exact) mass is 536 g/mol. The summed E-state index contributed by atoms with van der Waals surface area (Å²) in [6, 6.07) is 33.4. The number of benzene rings is 4. The molecular formula is C41H44. The fourth-order valence-corrected chi connectivity index (χ4v) is 7.16. The predicted octanol–water partition coefficient (Wildman–Crippen LogP) is 10.7. The van der Waals surface area contributed by atoms with Gasteiger partial charge in [-0.2, -0.15) is 0 Å². The van der Waals surface area contributed by atoms with Gasteiger partial charge in [-0.3, -0.25) is 0 Å². The van der Waals surface area contributed by atoms with Gasteiger partial charge in [0, 0.05) is 17.3 Å². The zero-order valence-electron chi connectivity index (χ0n) is 26.0. The number of allylic oxidation sites excluding steroid dienone is 4. The smallest absolute Gasteiger partial charge is 0.0409 e. The number of aryl methyl sites for hydroxylation is 2. The molecule has 0 fully saturated rings. The first-order valence-electron chi connectivity index (χ1n) is 15.2. The highest BCUT2D eigenvalue weighted by Gasteiger charge is 2.52. The van der Waals surface area contributed by atoms with Crippen molar-refractivity contribution in [1.29, 1.82) is 0 Å². The molecule has 6 rings (SSSR count). The van der Waals surface area contributed by atoms with Crippen molar-refractivity contribution in [3.8, 4) is 11.1 Å². The van der Waals surface area contributed by atoms with E-state index >= 15 is 0 Å². The largest absolute Gasteiger partial charge is 0.0764 e. The molecular weight excluding hydrogens is 492 g/mol. The topological polar surface area (TPSA) is 0 Å². The molecule has 2 aliphatic rings. The maximum absolute atomic E-state index is 2.54. The van der Waals surface area contributed by atoms with Gasteiger partial charge in [0.2, 0.25) is 0 Å². The third-order valence-corrected chi connectivity index (χ3v) is 9.53. The van der Waals surface area contributed by atoms with Crippen molar-refractivity contribution < 1.29 is 0 Å². The van der Waals surface area contributed by atoms with Crippen LogP contribution in [0.1, 0.15) is 92.0 Å². The molecule has 2 aliphatic carbocycles. The zero-order chi connectivity index (χ0) is 29.2. The Hall–Kier alpha value is -3.64. The number of rotatable bonds is 4. The summed E-state index contributed by atoms with van der Waals surface area (Å²) in [5.41, 5.74) is 13.6. The molecule has 0 heterocycles. The number of fused-ring (bicyclic) bond motifs is 3. The van der Waals surface area contributed by atoms with Gasteiger partial charge in [0.25, 0.3) is 0 Å². The molecule has 0 amide bonds. The van der Waals surface area contributed by atoms with Crippen molar-refractivity contribution in [2.75, 3.05) is 0 Å². The Morgan fingerprint density at radius 1 is 0.463 bits per heavy atom. The van der Waals surface area contributed by atoms with Gasteiger partial charge in [-0.25, -0.2) is 0 Å². The van der Waals surface area contributed by atoms with Gasteiger partial charge in [0.1, 0.15) is 0 Å². The van der Waals surface area contributed by atoms with E-state index in [1.54, 1.807) is 0 Å². The van der Waals surface area contributed by atoms with Crippen molar-refractivity contribution >= 4 is 0 Å². The molecule has 0 aliphatic heterocycles. The lowest BCUT2D eigenvalue weighted by atomic mass is 9.56. The van der Waals surface area contributed by atoms with Crippen LogP contribution in [0.2, 0.25) is 0 Å². The van der Waals surface area contributed by atoms with Crippen LogP contribution in [-0.2, 0) is 16.2 Å². The first kappa shape index (κ1) is 27.5. The molecule has 0 atom stereocenters. The standard InChI is InChI=1S/C41H44/c1-27-13-17-30(18-14-27)41(29-11-9-10-12-29,31-19-15-28(2)16-20-31)38-36-25-32(39(3,4)5)21-23-34(36)35-24-22-33(26-37(35)38)40(6,7)8/h9-26,29,38H,1-8H3. The third kappa shape index (κ3) is 4.53. The minimum Gasteiger partial charge on any atom is -0.0764 e.